The van der Waals surface area contributed by atoms with Crippen molar-refractivity contribution in [2.45, 2.75) is 0 Å². The summed E-state index contributed by atoms with van der Waals surface area (Å²) >= 11 is 0. The van der Waals surface area contributed by atoms with Gasteiger partial charge in [0, 0.05) is 0 Å². The zero-order valence-electron chi connectivity index (χ0n) is 3.12. The minimum absolute atomic E-state index is 0. The molecule has 0 saturated carbocycles. The van der Waals surface area contributed by atoms with Crippen molar-refractivity contribution in [1.29, 1.82) is 0 Å². The summed E-state index contributed by atoms with van der Waals surface area (Å²) in [6.07, 6.45) is 0. The van der Waals surface area contributed by atoms with Crippen molar-refractivity contribution in [3.63, 3.8) is 0 Å². The molecule has 0 aromatic rings. The van der Waals surface area contributed by atoms with Crippen LogP contribution in [0.2, 0.25) is 0 Å². The van der Waals surface area contributed by atoms with E-state index >= 15 is 0 Å². The number of hydrogen-bond donors (Lipinski definition) is 0. The van der Waals surface area contributed by atoms with Crippen molar-refractivity contribution in [2.75, 3.05) is 0 Å². The van der Waals surface area contributed by atoms with Gasteiger partial charge in [0.1, 0.15) is 0 Å². The van der Waals surface area contributed by atoms with Crippen LogP contribution in [0.5, 0.6) is 0 Å². The Morgan fingerprint density at radius 1 is 1.00 bits per heavy atom. The van der Waals surface area contributed by atoms with Gasteiger partial charge in [0.05, 0.1) is 0 Å². The van der Waals surface area contributed by atoms with Gasteiger partial charge in [0.25, 0.3) is 0 Å². The van der Waals surface area contributed by atoms with E-state index in [-0.39, 0.29) is 72.4 Å². The van der Waals surface area contributed by atoms with E-state index in [9.17, 15) is 0 Å². The first kappa shape index (κ1) is 15.7. The molecule has 0 heterocycles. The third-order valence-corrected chi connectivity index (χ3v) is 0. The second-order valence-corrected chi connectivity index (χ2v) is 0.289. The monoisotopic (exact) mass is 293 g/mol. The Morgan fingerprint density at radius 2 is 1.00 bits per heavy atom. The summed E-state index contributed by atoms with van der Waals surface area (Å²) in [4.78, 5) is 0. The van der Waals surface area contributed by atoms with Crippen LogP contribution in [-0.2, 0) is 21.1 Å². The minimum Gasteiger partial charge on any atom is -0.907 e. The summed E-state index contributed by atoms with van der Waals surface area (Å²) in [6.45, 7) is 0. The van der Waals surface area contributed by atoms with Crippen LogP contribution in [0.1, 0.15) is 0 Å². The second-order valence-electron chi connectivity index (χ2n) is 0.289. The quantitative estimate of drug-likeness (QED) is 0.417. The molecular weight excluding hydrogens is 293 g/mol. The molecule has 0 amide bonds. The van der Waals surface area contributed by atoms with Crippen molar-refractivity contribution < 1.29 is 87.5 Å². The third kappa shape index (κ3) is 33.8. The Bertz CT molecular complexity index is 15.5. The van der Waals surface area contributed by atoms with Gasteiger partial charge in [-0.2, -0.15) is 0 Å². The van der Waals surface area contributed by atoms with E-state index in [4.69, 9.17) is 15.1 Å². The van der Waals surface area contributed by atoms with Gasteiger partial charge in [-0.15, -0.1) is 0 Å². The van der Waals surface area contributed by atoms with E-state index in [0.29, 0.717) is 0 Å². The maximum Gasteiger partial charge on any atom is 2.00 e. The molecule has 0 saturated heterocycles. The van der Waals surface area contributed by atoms with Gasteiger partial charge in [0.2, 0.25) is 0 Å². The summed E-state index contributed by atoms with van der Waals surface area (Å²) in [7, 11) is -2.92. The van der Waals surface area contributed by atoms with Crippen LogP contribution in [0.15, 0.2) is 0 Å². The molecule has 0 rings (SSSR count). The molecule has 0 aromatic heterocycles. The molecule has 0 aliphatic heterocycles. The van der Waals surface area contributed by atoms with Crippen molar-refractivity contribution >= 4 is 7.32 Å². The molecule has 0 fully saturated rings. The van der Waals surface area contributed by atoms with Crippen LogP contribution < -0.4 is 66.5 Å². The molecular formula is BKO3Pt. The molecule has 0 bridgehead atoms. The largest absolute Gasteiger partial charge is 2.00 e. The van der Waals surface area contributed by atoms with Crippen LogP contribution in [-0.4, -0.2) is 7.32 Å². The zero-order valence-corrected chi connectivity index (χ0v) is 8.51. The van der Waals surface area contributed by atoms with Crippen LogP contribution in [0.4, 0.5) is 0 Å². The molecule has 0 atom stereocenters. The summed E-state index contributed by atoms with van der Waals surface area (Å²) in [5.41, 5.74) is 0. The van der Waals surface area contributed by atoms with E-state index in [0.717, 1.165) is 0 Å². The van der Waals surface area contributed by atoms with Crippen LogP contribution >= 0.6 is 0 Å². The number of rotatable bonds is 0. The summed E-state index contributed by atoms with van der Waals surface area (Å²) in [6, 6.07) is 0. The van der Waals surface area contributed by atoms with Crippen molar-refractivity contribution in [2.24, 2.45) is 0 Å². The Balaban J connectivity index is -0.0000000450. The van der Waals surface area contributed by atoms with Crippen molar-refractivity contribution in [3.05, 3.63) is 0 Å². The zero-order chi connectivity index (χ0) is 3.58. The topological polar surface area (TPSA) is 69.2 Å². The van der Waals surface area contributed by atoms with Gasteiger partial charge in [0.15, 0.2) is 0 Å². The first-order chi connectivity index (χ1) is 1.73. The molecule has 0 aliphatic carbocycles. The third-order valence-electron chi connectivity index (χ3n) is 0. The summed E-state index contributed by atoms with van der Waals surface area (Å²) in [5, 5.41) is 25.2. The van der Waals surface area contributed by atoms with E-state index in [2.05, 4.69) is 0 Å². The average Bonchev–Trinajstić information content (AvgIpc) is 0.811. The maximum absolute atomic E-state index is 8.42. The fourth-order valence-electron chi connectivity index (χ4n) is 0. The summed E-state index contributed by atoms with van der Waals surface area (Å²) in [5.74, 6) is 0. The molecule has 32 valence electrons. The van der Waals surface area contributed by atoms with Gasteiger partial charge >= 0.3 is 72.4 Å². The second kappa shape index (κ2) is 10.3. The van der Waals surface area contributed by atoms with Crippen molar-refractivity contribution in [3.8, 4) is 0 Å². The molecule has 0 N–H and O–H groups in total. The number of hydrogen-bond acceptors (Lipinski definition) is 3. The molecule has 0 aliphatic rings. The van der Waals surface area contributed by atoms with E-state index in [1.165, 1.54) is 0 Å². The van der Waals surface area contributed by atoms with Crippen LogP contribution in [0.3, 0.4) is 0 Å². The maximum atomic E-state index is 8.42. The molecule has 3 nitrogen and oxygen atoms in total. The molecule has 6 heavy (non-hydrogen) atoms. The van der Waals surface area contributed by atoms with E-state index < -0.39 is 7.32 Å². The normalized spacial score (nSPS) is 4.50. The molecule has 0 radical (unpaired) electrons. The standard InChI is InChI=1S/BO3.K.Pt/c2-1(3)4;;/q-3;+1;+2. The van der Waals surface area contributed by atoms with E-state index in [1.807, 2.05) is 0 Å². The van der Waals surface area contributed by atoms with Crippen LogP contribution in [0.25, 0.3) is 0 Å². The first-order valence-electron chi connectivity index (χ1n) is 0.707. The Morgan fingerprint density at radius 3 is 1.00 bits per heavy atom. The summed E-state index contributed by atoms with van der Waals surface area (Å²) < 4.78 is 0. The minimum atomic E-state index is -2.92. The predicted octanol–water partition coefficient (Wildman–Crippen LogP) is -6.95. The van der Waals surface area contributed by atoms with E-state index in [1.54, 1.807) is 0 Å². The smallest absolute Gasteiger partial charge is 0.907 e. The van der Waals surface area contributed by atoms with Gasteiger partial charge in [-0.3, -0.25) is 7.32 Å². The molecule has 0 aromatic carbocycles. The Kier molecular flexibility index (Phi) is 27.0. The predicted molar refractivity (Wildman–Crippen MR) is 5.75 cm³/mol. The first-order valence-corrected chi connectivity index (χ1v) is 0.707. The van der Waals surface area contributed by atoms with Crippen LogP contribution in [0, 0.1) is 0 Å². The van der Waals surface area contributed by atoms with Crippen molar-refractivity contribution in [1.82, 2.24) is 0 Å². The molecule has 6 heteroatoms. The average molecular weight is 293 g/mol. The molecule has 0 spiro atoms. The molecule has 0 unspecified atom stereocenters. The SMILES string of the molecule is [K+].[O-]B([O-])[O-].[Pt+2]. The van der Waals surface area contributed by atoms with Gasteiger partial charge in [-0.1, -0.05) is 0 Å². The Hall–Kier alpha value is 2.27. The van der Waals surface area contributed by atoms with Gasteiger partial charge in [-0.05, 0) is 0 Å². The Labute approximate surface area is 93.0 Å². The fraction of sp³-hybridized carbons (Fsp3) is 0. The van der Waals surface area contributed by atoms with Gasteiger partial charge < -0.3 is 15.1 Å². The fourth-order valence-corrected chi connectivity index (χ4v) is 0. The van der Waals surface area contributed by atoms with Gasteiger partial charge in [-0.25, -0.2) is 0 Å².